The number of amides is 1. The quantitative estimate of drug-likeness (QED) is 0.802. The second-order valence-electron chi connectivity index (χ2n) is 7.08. The molecule has 2 aromatic rings. The van der Waals surface area contributed by atoms with Gasteiger partial charge in [-0.2, -0.15) is 4.31 Å². The Bertz CT molecular complexity index is 949. The lowest BCUT2D eigenvalue weighted by Crippen LogP contribution is -2.30. The smallest absolute Gasteiger partial charge is 0.265 e. The summed E-state index contributed by atoms with van der Waals surface area (Å²) in [5.74, 6) is 0.380. The minimum absolute atomic E-state index is 0.243. The van der Waals surface area contributed by atoms with Crippen LogP contribution in [-0.4, -0.2) is 37.8 Å². The maximum absolute atomic E-state index is 12.6. The maximum Gasteiger partial charge on any atom is 0.265 e. The van der Waals surface area contributed by atoms with E-state index < -0.39 is 16.1 Å². The van der Waals surface area contributed by atoms with Crippen LogP contribution in [0, 0.1) is 13.8 Å². The molecule has 1 heterocycles. The van der Waals surface area contributed by atoms with Crippen molar-refractivity contribution < 1.29 is 17.9 Å². The summed E-state index contributed by atoms with van der Waals surface area (Å²) in [5, 5.41) is 2.77. The van der Waals surface area contributed by atoms with E-state index >= 15 is 0 Å². The Labute approximate surface area is 166 Å². The van der Waals surface area contributed by atoms with Gasteiger partial charge in [-0.3, -0.25) is 4.79 Å². The average molecular weight is 403 g/mol. The summed E-state index contributed by atoms with van der Waals surface area (Å²) in [5.41, 5.74) is 2.63. The highest BCUT2D eigenvalue weighted by Crippen LogP contribution is 2.24. The number of sulfonamides is 1. The van der Waals surface area contributed by atoms with Gasteiger partial charge < -0.3 is 10.1 Å². The lowest BCUT2D eigenvalue weighted by Gasteiger charge is -2.18. The van der Waals surface area contributed by atoms with Crippen LogP contribution in [0.3, 0.4) is 0 Å². The van der Waals surface area contributed by atoms with Gasteiger partial charge in [0.05, 0.1) is 4.90 Å². The Morgan fingerprint density at radius 2 is 1.71 bits per heavy atom. The van der Waals surface area contributed by atoms with Crippen molar-refractivity contribution >= 4 is 21.6 Å². The average Bonchev–Trinajstić information content (AvgIpc) is 3.21. The highest BCUT2D eigenvalue weighted by atomic mass is 32.2. The van der Waals surface area contributed by atoms with E-state index in [0.717, 1.165) is 24.0 Å². The van der Waals surface area contributed by atoms with Crippen molar-refractivity contribution in [1.82, 2.24) is 4.31 Å². The van der Waals surface area contributed by atoms with Crippen LogP contribution in [0.15, 0.2) is 47.4 Å². The fourth-order valence-electron chi connectivity index (χ4n) is 3.13. The summed E-state index contributed by atoms with van der Waals surface area (Å²) in [6, 6.07) is 12.0. The topological polar surface area (TPSA) is 75.7 Å². The fourth-order valence-corrected chi connectivity index (χ4v) is 4.64. The van der Waals surface area contributed by atoms with E-state index in [1.54, 1.807) is 19.1 Å². The number of carbonyl (C=O) groups excluding carboxylic acids is 1. The van der Waals surface area contributed by atoms with E-state index in [2.05, 4.69) is 5.32 Å². The first-order valence-corrected chi connectivity index (χ1v) is 10.9. The molecule has 1 fully saturated rings. The minimum Gasteiger partial charge on any atom is -0.481 e. The maximum atomic E-state index is 12.6. The number of nitrogens with zero attached hydrogens (tertiary/aromatic N) is 1. The molecule has 0 saturated carbocycles. The van der Waals surface area contributed by atoms with Crippen LogP contribution in [-0.2, 0) is 14.8 Å². The molecule has 0 radical (unpaired) electrons. The van der Waals surface area contributed by atoms with Crippen LogP contribution in [0.25, 0.3) is 0 Å². The van der Waals surface area contributed by atoms with Crippen LogP contribution in [0.2, 0.25) is 0 Å². The highest BCUT2D eigenvalue weighted by molar-refractivity contribution is 7.89. The molecule has 0 aromatic heterocycles. The van der Waals surface area contributed by atoms with Crippen LogP contribution in [0.5, 0.6) is 5.75 Å². The SMILES string of the molecule is Cc1cccc(O[C@@H](C)C(=O)Nc2ccc(S(=O)(=O)N3CCCC3)cc2)c1C. The first-order valence-electron chi connectivity index (χ1n) is 9.43. The lowest BCUT2D eigenvalue weighted by atomic mass is 10.1. The molecule has 1 saturated heterocycles. The van der Waals surface area contributed by atoms with Gasteiger partial charge in [-0.25, -0.2) is 8.42 Å². The third-order valence-corrected chi connectivity index (χ3v) is 6.97. The Balaban J connectivity index is 1.64. The van der Waals surface area contributed by atoms with Gasteiger partial charge in [0.15, 0.2) is 6.10 Å². The van der Waals surface area contributed by atoms with E-state index in [-0.39, 0.29) is 10.8 Å². The molecule has 0 spiro atoms. The van der Waals surface area contributed by atoms with E-state index in [1.807, 2.05) is 32.0 Å². The molecule has 0 unspecified atom stereocenters. The molecule has 1 aliphatic heterocycles. The van der Waals surface area contributed by atoms with Crippen LogP contribution in [0.1, 0.15) is 30.9 Å². The molecule has 3 rings (SSSR count). The Morgan fingerprint density at radius 3 is 2.36 bits per heavy atom. The molecule has 1 N–H and O–H groups in total. The third kappa shape index (κ3) is 4.36. The molecule has 28 heavy (non-hydrogen) atoms. The number of anilines is 1. The number of hydrogen-bond acceptors (Lipinski definition) is 4. The van der Waals surface area contributed by atoms with Crippen molar-refractivity contribution in [3.05, 3.63) is 53.6 Å². The van der Waals surface area contributed by atoms with E-state index in [4.69, 9.17) is 4.74 Å². The van der Waals surface area contributed by atoms with Gasteiger partial charge in [-0.1, -0.05) is 12.1 Å². The van der Waals surface area contributed by atoms with E-state index in [1.165, 1.54) is 16.4 Å². The lowest BCUT2D eigenvalue weighted by molar-refractivity contribution is -0.122. The van der Waals surface area contributed by atoms with Crippen molar-refractivity contribution in [2.45, 2.75) is 44.6 Å². The third-order valence-electron chi connectivity index (χ3n) is 5.05. The summed E-state index contributed by atoms with van der Waals surface area (Å²) in [4.78, 5) is 12.7. The van der Waals surface area contributed by atoms with E-state index in [0.29, 0.717) is 24.5 Å². The van der Waals surface area contributed by atoms with Crippen molar-refractivity contribution in [2.24, 2.45) is 0 Å². The number of rotatable bonds is 6. The Kier molecular flexibility index (Phi) is 6.05. The summed E-state index contributed by atoms with van der Waals surface area (Å²) in [7, 11) is -3.45. The van der Waals surface area contributed by atoms with Gasteiger partial charge in [0, 0.05) is 18.8 Å². The molecule has 7 heteroatoms. The second kappa shape index (κ2) is 8.32. The normalized spacial score (nSPS) is 16.0. The second-order valence-corrected chi connectivity index (χ2v) is 9.02. The molecular formula is C21H26N2O4S. The summed E-state index contributed by atoms with van der Waals surface area (Å²) in [6.45, 7) is 6.75. The number of nitrogens with one attached hydrogen (secondary N) is 1. The Hall–Kier alpha value is -2.38. The fraction of sp³-hybridized carbons (Fsp3) is 0.381. The summed E-state index contributed by atoms with van der Waals surface area (Å²) in [6.07, 6.45) is 1.10. The van der Waals surface area contributed by atoms with Crippen molar-refractivity contribution in [3.63, 3.8) is 0 Å². The molecule has 1 atom stereocenters. The zero-order valence-corrected chi connectivity index (χ0v) is 17.3. The molecule has 0 aliphatic carbocycles. The predicted octanol–water partition coefficient (Wildman–Crippen LogP) is 3.49. The number of carbonyl (C=O) groups is 1. The number of hydrogen-bond donors (Lipinski definition) is 1. The predicted molar refractivity (Wildman–Crippen MR) is 109 cm³/mol. The van der Waals surface area contributed by atoms with Gasteiger partial charge in [0.25, 0.3) is 5.91 Å². The molecule has 2 aromatic carbocycles. The zero-order chi connectivity index (χ0) is 20.3. The minimum atomic E-state index is -3.45. The molecule has 150 valence electrons. The number of aryl methyl sites for hydroxylation is 1. The van der Waals surface area contributed by atoms with Gasteiger partial charge in [-0.05, 0) is 75.1 Å². The molecule has 1 aliphatic rings. The zero-order valence-electron chi connectivity index (χ0n) is 16.4. The highest BCUT2D eigenvalue weighted by Gasteiger charge is 2.27. The number of benzene rings is 2. The summed E-state index contributed by atoms with van der Waals surface area (Å²) >= 11 is 0. The van der Waals surface area contributed by atoms with Gasteiger partial charge in [0.2, 0.25) is 10.0 Å². The number of ether oxygens (including phenoxy) is 1. The van der Waals surface area contributed by atoms with Crippen LogP contribution in [0.4, 0.5) is 5.69 Å². The first kappa shape index (κ1) is 20.4. The standard InChI is InChI=1S/C21H26N2O4S/c1-15-7-6-8-20(16(15)2)27-17(3)21(24)22-18-9-11-19(12-10-18)28(25,26)23-13-4-5-14-23/h6-12,17H,4-5,13-14H2,1-3H3,(H,22,24)/t17-/m0/s1. The molecular weight excluding hydrogens is 376 g/mol. The summed E-state index contributed by atoms with van der Waals surface area (Å²) < 4.78 is 32.4. The Morgan fingerprint density at radius 1 is 1.07 bits per heavy atom. The van der Waals surface area contributed by atoms with Gasteiger partial charge in [0.1, 0.15) is 5.75 Å². The molecule has 0 bridgehead atoms. The van der Waals surface area contributed by atoms with Crippen LogP contribution >= 0.6 is 0 Å². The van der Waals surface area contributed by atoms with Gasteiger partial charge in [-0.15, -0.1) is 0 Å². The molecule has 6 nitrogen and oxygen atoms in total. The van der Waals surface area contributed by atoms with Crippen LogP contribution < -0.4 is 10.1 Å². The largest absolute Gasteiger partial charge is 0.481 e. The first-order chi connectivity index (χ1) is 13.3. The van der Waals surface area contributed by atoms with Crippen molar-refractivity contribution in [2.75, 3.05) is 18.4 Å². The monoisotopic (exact) mass is 402 g/mol. The van der Waals surface area contributed by atoms with Crippen molar-refractivity contribution in [3.8, 4) is 5.75 Å². The van der Waals surface area contributed by atoms with Gasteiger partial charge >= 0.3 is 0 Å². The molecule has 1 amide bonds. The van der Waals surface area contributed by atoms with E-state index in [9.17, 15) is 13.2 Å². The van der Waals surface area contributed by atoms with Crippen molar-refractivity contribution in [1.29, 1.82) is 0 Å².